The molecular weight excluding hydrogens is 358 g/mol. The van der Waals surface area contributed by atoms with Crippen molar-refractivity contribution in [2.24, 2.45) is 5.92 Å². The normalized spacial score (nSPS) is 20.9. The molecule has 2 unspecified atom stereocenters. The van der Waals surface area contributed by atoms with Crippen LogP contribution in [0.1, 0.15) is 36.3 Å². The fraction of sp³-hybridized carbons (Fsp3) is 0.364. The number of carboxylic acid groups (broad SMARTS) is 1. The van der Waals surface area contributed by atoms with Gasteiger partial charge in [-0.25, -0.2) is 4.79 Å². The molecule has 2 aromatic rings. The smallest absolute Gasteiger partial charge is 0.409 e. The minimum Gasteiger partial charge on any atom is -0.481 e. The average Bonchev–Trinajstić information content (AvgIpc) is 3.00. The zero-order valence-corrected chi connectivity index (χ0v) is 15.5. The van der Waals surface area contributed by atoms with Crippen molar-refractivity contribution in [3.05, 3.63) is 59.7 Å². The SMILES string of the molecule is O=C(O)CC1CCOC(NC(=O)OCC2c3ccccc3-c3ccccc32)C1. The second-order valence-corrected chi connectivity index (χ2v) is 7.32. The summed E-state index contributed by atoms with van der Waals surface area (Å²) in [5, 5.41) is 11.7. The molecule has 2 atom stereocenters. The molecule has 146 valence electrons. The monoisotopic (exact) mass is 381 g/mol. The fourth-order valence-corrected chi connectivity index (χ4v) is 4.17. The van der Waals surface area contributed by atoms with E-state index in [0.29, 0.717) is 19.4 Å². The van der Waals surface area contributed by atoms with Crippen molar-refractivity contribution in [2.75, 3.05) is 13.2 Å². The summed E-state index contributed by atoms with van der Waals surface area (Å²) in [6.45, 7) is 0.678. The molecule has 6 heteroatoms. The number of hydrogen-bond acceptors (Lipinski definition) is 4. The van der Waals surface area contributed by atoms with Gasteiger partial charge < -0.3 is 14.6 Å². The molecule has 0 saturated carbocycles. The van der Waals surface area contributed by atoms with Crippen LogP contribution in [0.5, 0.6) is 0 Å². The molecule has 2 aromatic carbocycles. The third-order valence-corrected chi connectivity index (χ3v) is 5.48. The quantitative estimate of drug-likeness (QED) is 0.824. The lowest BCUT2D eigenvalue weighted by Gasteiger charge is -2.29. The van der Waals surface area contributed by atoms with E-state index in [2.05, 4.69) is 29.6 Å². The number of rotatable bonds is 5. The number of carboxylic acids is 1. The van der Waals surface area contributed by atoms with E-state index < -0.39 is 18.3 Å². The van der Waals surface area contributed by atoms with E-state index >= 15 is 0 Å². The predicted molar refractivity (Wildman–Crippen MR) is 103 cm³/mol. The molecule has 0 aromatic heterocycles. The molecule has 2 N–H and O–H groups in total. The lowest BCUT2D eigenvalue weighted by Crippen LogP contribution is -2.42. The van der Waals surface area contributed by atoms with Crippen LogP contribution < -0.4 is 5.32 Å². The van der Waals surface area contributed by atoms with Crippen molar-refractivity contribution in [1.82, 2.24) is 5.32 Å². The summed E-state index contributed by atoms with van der Waals surface area (Å²) in [5.74, 6) is -0.817. The molecule has 1 heterocycles. The molecule has 1 saturated heterocycles. The highest BCUT2D eigenvalue weighted by molar-refractivity contribution is 5.79. The minimum atomic E-state index is -0.827. The Kier molecular flexibility index (Phi) is 5.30. The van der Waals surface area contributed by atoms with Crippen LogP contribution in [0.15, 0.2) is 48.5 Å². The largest absolute Gasteiger partial charge is 0.481 e. The molecule has 1 aliphatic heterocycles. The van der Waals surface area contributed by atoms with E-state index in [1.807, 2.05) is 24.3 Å². The first-order valence-electron chi connectivity index (χ1n) is 9.56. The predicted octanol–water partition coefficient (Wildman–Crippen LogP) is 3.75. The Morgan fingerprint density at radius 3 is 2.36 bits per heavy atom. The van der Waals surface area contributed by atoms with Gasteiger partial charge in [0.1, 0.15) is 12.8 Å². The molecule has 1 aliphatic carbocycles. The summed E-state index contributed by atoms with van der Waals surface area (Å²) in [4.78, 5) is 23.2. The summed E-state index contributed by atoms with van der Waals surface area (Å²) >= 11 is 0. The van der Waals surface area contributed by atoms with Crippen LogP contribution in [-0.4, -0.2) is 36.6 Å². The second-order valence-electron chi connectivity index (χ2n) is 7.32. The van der Waals surface area contributed by atoms with Gasteiger partial charge in [-0.15, -0.1) is 0 Å². The highest BCUT2D eigenvalue weighted by atomic mass is 16.6. The van der Waals surface area contributed by atoms with Crippen molar-refractivity contribution < 1.29 is 24.2 Å². The van der Waals surface area contributed by atoms with Crippen molar-refractivity contribution >= 4 is 12.1 Å². The molecular formula is C22H23NO5. The average molecular weight is 381 g/mol. The van der Waals surface area contributed by atoms with Crippen LogP contribution in [0.2, 0.25) is 0 Å². The first-order valence-corrected chi connectivity index (χ1v) is 9.56. The highest BCUT2D eigenvalue weighted by Gasteiger charge is 2.30. The molecule has 0 spiro atoms. The van der Waals surface area contributed by atoms with Gasteiger partial charge in [0, 0.05) is 18.9 Å². The molecule has 0 radical (unpaired) electrons. The highest BCUT2D eigenvalue weighted by Crippen LogP contribution is 2.44. The molecule has 1 amide bonds. The Balaban J connectivity index is 1.37. The van der Waals surface area contributed by atoms with E-state index in [0.717, 1.165) is 11.1 Å². The summed E-state index contributed by atoms with van der Waals surface area (Å²) < 4.78 is 11.1. The van der Waals surface area contributed by atoms with Crippen LogP contribution in [-0.2, 0) is 14.3 Å². The standard InChI is InChI=1S/C22H23NO5/c24-21(25)12-14-9-10-27-20(11-14)23-22(26)28-13-19-17-7-3-1-5-15(17)16-6-2-4-8-18(16)19/h1-8,14,19-20H,9-13H2,(H,23,26)(H,24,25). The van der Waals surface area contributed by atoms with Crippen LogP contribution in [0.25, 0.3) is 11.1 Å². The maximum Gasteiger partial charge on any atom is 0.409 e. The Morgan fingerprint density at radius 1 is 1.07 bits per heavy atom. The van der Waals surface area contributed by atoms with E-state index in [9.17, 15) is 9.59 Å². The van der Waals surface area contributed by atoms with Crippen LogP contribution >= 0.6 is 0 Å². The number of amides is 1. The maximum atomic E-state index is 12.3. The lowest BCUT2D eigenvalue weighted by molar-refractivity contribution is -0.139. The fourth-order valence-electron chi connectivity index (χ4n) is 4.17. The Hall–Kier alpha value is -2.86. The van der Waals surface area contributed by atoms with Crippen LogP contribution in [0.3, 0.4) is 0 Å². The number of aliphatic carboxylic acids is 1. The van der Waals surface area contributed by atoms with Gasteiger partial charge in [0.05, 0.1) is 0 Å². The molecule has 2 aliphatic rings. The number of nitrogens with one attached hydrogen (secondary N) is 1. The summed E-state index contributed by atoms with van der Waals surface area (Å²) in [7, 11) is 0. The number of benzene rings is 2. The number of carbonyl (C=O) groups is 2. The molecule has 1 fully saturated rings. The van der Waals surface area contributed by atoms with Gasteiger partial charge in [-0.2, -0.15) is 0 Å². The van der Waals surface area contributed by atoms with Gasteiger partial charge in [0.2, 0.25) is 0 Å². The molecule has 6 nitrogen and oxygen atoms in total. The van der Waals surface area contributed by atoms with Crippen molar-refractivity contribution in [1.29, 1.82) is 0 Å². The Morgan fingerprint density at radius 2 is 1.71 bits per heavy atom. The summed E-state index contributed by atoms with van der Waals surface area (Å²) in [6.07, 6.45) is 0.217. The van der Waals surface area contributed by atoms with Gasteiger partial charge in [-0.3, -0.25) is 10.1 Å². The molecule has 0 bridgehead atoms. The van der Waals surface area contributed by atoms with Crippen molar-refractivity contribution in [2.45, 2.75) is 31.4 Å². The van der Waals surface area contributed by atoms with Crippen LogP contribution in [0, 0.1) is 5.92 Å². The van der Waals surface area contributed by atoms with Gasteiger partial charge in [0.15, 0.2) is 0 Å². The Bertz CT molecular complexity index is 835. The summed E-state index contributed by atoms with van der Waals surface area (Å²) in [6, 6.07) is 16.3. The van der Waals surface area contributed by atoms with Gasteiger partial charge >= 0.3 is 12.1 Å². The van der Waals surface area contributed by atoms with E-state index in [1.54, 1.807) is 0 Å². The zero-order valence-electron chi connectivity index (χ0n) is 15.5. The van der Waals surface area contributed by atoms with E-state index in [4.69, 9.17) is 14.6 Å². The van der Waals surface area contributed by atoms with Gasteiger partial charge in [0.25, 0.3) is 0 Å². The lowest BCUT2D eigenvalue weighted by atomic mass is 9.95. The third kappa shape index (κ3) is 3.87. The van der Waals surface area contributed by atoms with Crippen molar-refractivity contribution in [3.63, 3.8) is 0 Å². The van der Waals surface area contributed by atoms with Gasteiger partial charge in [-0.05, 0) is 41.0 Å². The maximum absolute atomic E-state index is 12.3. The molecule has 4 rings (SSSR count). The van der Waals surface area contributed by atoms with E-state index in [-0.39, 0.29) is 24.9 Å². The number of alkyl carbamates (subject to hydrolysis) is 1. The first kappa shape index (κ1) is 18.5. The zero-order chi connectivity index (χ0) is 19.5. The van der Waals surface area contributed by atoms with Crippen LogP contribution in [0.4, 0.5) is 4.79 Å². The summed E-state index contributed by atoms with van der Waals surface area (Å²) in [5.41, 5.74) is 4.68. The number of ether oxygens (including phenoxy) is 2. The number of carbonyl (C=O) groups excluding carboxylic acids is 1. The number of hydrogen-bond donors (Lipinski definition) is 2. The Labute approximate surface area is 163 Å². The third-order valence-electron chi connectivity index (χ3n) is 5.48. The van der Waals surface area contributed by atoms with Gasteiger partial charge in [-0.1, -0.05) is 48.5 Å². The second kappa shape index (κ2) is 8.02. The van der Waals surface area contributed by atoms with E-state index in [1.165, 1.54) is 11.1 Å². The molecule has 28 heavy (non-hydrogen) atoms. The van der Waals surface area contributed by atoms with Crippen molar-refractivity contribution in [3.8, 4) is 11.1 Å². The number of fused-ring (bicyclic) bond motifs is 3. The topological polar surface area (TPSA) is 84.9 Å². The minimum absolute atomic E-state index is 0.00476. The first-order chi connectivity index (χ1) is 13.6.